The van der Waals surface area contributed by atoms with Crippen molar-refractivity contribution in [2.75, 3.05) is 13.2 Å². The van der Waals surface area contributed by atoms with E-state index in [4.69, 9.17) is 4.74 Å². The van der Waals surface area contributed by atoms with Gasteiger partial charge < -0.3 is 15.2 Å². The van der Waals surface area contributed by atoms with Crippen molar-refractivity contribution in [2.45, 2.75) is 25.6 Å². The zero-order valence-corrected chi connectivity index (χ0v) is 13.8. The Hall–Kier alpha value is -2.37. The molecule has 1 heterocycles. The van der Waals surface area contributed by atoms with E-state index in [0.29, 0.717) is 6.54 Å². The van der Waals surface area contributed by atoms with Crippen LogP contribution in [0.4, 0.5) is 0 Å². The molecule has 126 valence electrons. The lowest BCUT2D eigenvalue weighted by molar-refractivity contribution is 0.104. The summed E-state index contributed by atoms with van der Waals surface area (Å²) in [6.45, 7) is 3.58. The molecule has 0 aliphatic carbocycles. The van der Waals surface area contributed by atoms with Crippen LogP contribution in [0.2, 0.25) is 0 Å². The minimum absolute atomic E-state index is 0.220. The summed E-state index contributed by atoms with van der Waals surface area (Å²) in [5.41, 5.74) is 0. The third-order valence-electron chi connectivity index (χ3n) is 3.90. The number of rotatable bonds is 8. The van der Waals surface area contributed by atoms with Crippen molar-refractivity contribution < 1.29 is 9.84 Å². The molecular formula is C19H23N3O2. The van der Waals surface area contributed by atoms with Crippen LogP contribution in [0, 0.1) is 0 Å². The van der Waals surface area contributed by atoms with Crippen LogP contribution in [0.15, 0.2) is 60.9 Å². The zero-order chi connectivity index (χ0) is 16.8. The number of aromatic nitrogens is 2. The van der Waals surface area contributed by atoms with E-state index < -0.39 is 6.10 Å². The van der Waals surface area contributed by atoms with Crippen LogP contribution < -0.4 is 10.1 Å². The molecule has 2 N–H and O–H groups in total. The van der Waals surface area contributed by atoms with Crippen LogP contribution in [0.5, 0.6) is 5.75 Å². The molecule has 0 radical (unpaired) electrons. The minimum atomic E-state index is -0.566. The first-order valence-corrected chi connectivity index (χ1v) is 8.22. The van der Waals surface area contributed by atoms with E-state index in [9.17, 15) is 5.11 Å². The molecule has 2 atom stereocenters. The van der Waals surface area contributed by atoms with Crippen molar-refractivity contribution in [1.29, 1.82) is 0 Å². The first kappa shape index (κ1) is 16.5. The Bertz CT molecular complexity index is 753. The van der Waals surface area contributed by atoms with E-state index in [1.54, 1.807) is 6.20 Å². The second-order valence-electron chi connectivity index (χ2n) is 5.98. The monoisotopic (exact) mass is 325 g/mol. The molecule has 0 spiro atoms. The van der Waals surface area contributed by atoms with Gasteiger partial charge in [-0.3, -0.25) is 4.68 Å². The van der Waals surface area contributed by atoms with Gasteiger partial charge in [0.25, 0.3) is 0 Å². The SMILES string of the molecule is CC(Cn1cccn1)NCC(O)COc1cccc2ccccc12. The number of ether oxygens (including phenoxy) is 1. The normalized spacial score (nSPS) is 13.8. The Kier molecular flexibility index (Phi) is 5.46. The summed E-state index contributed by atoms with van der Waals surface area (Å²) in [7, 11) is 0. The number of nitrogens with zero attached hydrogens (tertiary/aromatic N) is 2. The minimum Gasteiger partial charge on any atom is -0.490 e. The lowest BCUT2D eigenvalue weighted by Gasteiger charge is -2.18. The van der Waals surface area contributed by atoms with Crippen LogP contribution in [0.3, 0.4) is 0 Å². The maximum atomic E-state index is 10.1. The van der Waals surface area contributed by atoms with Crippen molar-refractivity contribution in [3.8, 4) is 5.75 Å². The number of nitrogens with one attached hydrogen (secondary N) is 1. The standard InChI is InChI=1S/C19H23N3O2/c1-15(13-22-11-5-10-21-22)20-12-17(23)14-24-19-9-4-7-16-6-2-3-8-18(16)19/h2-11,15,17,20,23H,12-14H2,1H3. The molecule has 1 aromatic heterocycles. The number of hydrogen-bond acceptors (Lipinski definition) is 4. The zero-order valence-electron chi connectivity index (χ0n) is 13.8. The number of aliphatic hydroxyl groups is 1. The van der Waals surface area contributed by atoms with Gasteiger partial charge in [0.05, 0.1) is 6.54 Å². The largest absolute Gasteiger partial charge is 0.490 e. The first-order valence-electron chi connectivity index (χ1n) is 8.22. The molecule has 0 amide bonds. The second kappa shape index (κ2) is 7.95. The van der Waals surface area contributed by atoms with Gasteiger partial charge in [-0.05, 0) is 24.4 Å². The lowest BCUT2D eigenvalue weighted by Crippen LogP contribution is -2.38. The molecule has 0 saturated carbocycles. The van der Waals surface area contributed by atoms with Crippen LogP contribution in [-0.4, -0.2) is 40.2 Å². The van der Waals surface area contributed by atoms with Crippen LogP contribution in [0.25, 0.3) is 10.8 Å². The smallest absolute Gasteiger partial charge is 0.127 e. The quantitative estimate of drug-likeness (QED) is 0.668. The van der Waals surface area contributed by atoms with Gasteiger partial charge in [0.15, 0.2) is 0 Å². The molecule has 3 aromatic rings. The Morgan fingerprint density at radius 1 is 1.17 bits per heavy atom. The van der Waals surface area contributed by atoms with Crippen molar-refractivity contribution in [3.63, 3.8) is 0 Å². The van der Waals surface area contributed by atoms with Gasteiger partial charge in [0, 0.05) is 30.4 Å². The maximum absolute atomic E-state index is 10.1. The molecule has 5 heteroatoms. The topological polar surface area (TPSA) is 59.3 Å². The molecule has 0 aliphatic rings. The predicted octanol–water partition coefficient (Wildman–Crippen LogP) is 2.45. The Morgan fingerprint density at radius 3 is 2.83 bits per heavy atom. The molecular weight excluding hydrogens is 302 g/mol. The Morgan fingerprint density at radius 2 is 2.00 bits per heavy atom. The van der Waals surface area contributed by atoms with E-state index >= 15 is 0 Å². The first-order chi connectivity index (χ1) is 11.7. The van der Waals surface area contributed by atoms with Gasteiger partial charge >= 0.3 is 0 Å². The fourth-order valence-electron chi connectivity index (χ4n) is 2.66. The second-order valence-corrected chi connectivity index (χ2v) is 5.98. The third-order valence-corrected chi connectivity index (χ3v) is 3.90. The molecule has 2 unspecified atom stereocenters. The average molecular weight is 325 g/mol. The van der Waals surface area contributed by atoms with Gasteiger partial charge in [-0.1, -0.05) is 36.4 Å². The number of fused-ring (bicyclic) bond motifs is 1. The number of benzene rings is 2. The highest BCUT2D eigenvalue weighted by Gasteiger charge is 2.10. The van der Waals surface area contributed by atoms with E-state index in [1.807, 2.05) is 47.3 Å². The average Bonchev–Trinajstić information content (AvgIpc) is 3.11. The lowest BCUT2D eigenvalue weighted by atomic mass is 10.1. The molecule has 2 aromatic carbocycles. The number of hydrogen-bond donors (Lipinski definition) is 2. The number of aliphatic hydroxyl groups excluding tert-OH is 1. The predicted molar refractivity (Wildman–Crippen MR) is 95.1 cm³/mol. The van der Waals surface area contributed by atoms with Crippen LogP contribution in [0.1, 0.15) is 6.92 Å². The van der Waals surface area contributed by atoms with E-state index in [1.165, 1.54) is 0 Å². The van der Waals surface area contributed by atoms with Gasteiger partial charge in [0.2, 0.25) is 0 Å². The highest BCUT2D eigenvalue weighted by atomic mass is 16.5. The van der Waals surface area contributed by atoms with Gasteiger partial charge in [-0.25, -0.2) is 0 Å². The molecule has 0 saturated heterocycles. The van der Waals surface area contributed by atoms with Crippen LogP contribution >= 0.6 is 0 Å². The van der Waals surface area contributed by atoms with Crippen LogP contribution in [-0.2, 0) is 6.54 Å². The van der Waals surface area contributed by atoms with E-state index in [0.717, 1.165) is 23.1 Å². The molecule has 0 aliphatic heterocycles. The van der Waals surface area contributed by atoms with Crippen molar-refractivity contribution >= 4 is 10.8 Å². The van der Waals surface area contributed by atoms with Crippen molar-refractivity contribution in [1.82, 2.24) is 15.1 Å². The summed E-state index contributed by atoms with van der Waals surface area (Å²) in [4.78, 5) is 0. The highest BCUT2D eigenvalue weighted by molar-refractivity contribution is 5.88. The van der Waals surface area contributed by atoms with Crippen molar-refractivity contribution in [3.05, 3.63) is 60.9 Å². The highest BCUT2D eigenvalue weighted by Crippen LogP contribution is 2.25. The van der Waals surface area contributed by atoms with Gasteiger partial charge in [-0.2, -0.15) is 5.10 Å². The van der Waals surface area contributed by atoms with Gasteiger partial charge in [-0.15, -0.1) is 0 Å². The van der Waals surface area contributed by atoms with Gasteiger partial charge in [0.1, 0.15) is 18.5 Å². The van der Waals surface area contributed by atoms with E-state index in [-0.39, 0.29) is 12.6 Å². The summed E-state index contributed by atoms with van der Waals surface area (Å²) in [6.07, 6.45) is 3.13. The summed E-state index contributed by atoms with van der Waals surface area (Å²) >= 11 is 0. The Labute approximate surface area is 141 Å². The summed E-state index contributed by atoms with van der Waals surface area (Å²) < 4.78 is 7.68. The summed E-state index contributed by atoms with van der Waals surface area (Å²) in [6, 6.07) is 16.2. The molecule has 0 bridgehead atoms. The molecule has 3 rings (SSSR count). The summed E-state index contributed by atoms with van der Waals surface area (Å²) in [5.74, 6) is 0.803. The molecule has 24 heavy (non-hydrogen) atoms. The molecule has 0 fully saturated rings. The van der Waals surface area contributed by atoms with Crippen molar-refractivity contribution in [2.24, 2.45) is 0 Å². The fourth-order valence-corrected chi connectivity index (χ4v) is 2.66. The fraction of sp³-hybridized carbons (Fsp3) is 0.316. The Balaban J connectivity index is 1.47. The summed E-state index contributed by atoms with van der Waals surface area (Å²) in [5, 5.41) is 19.8. The third kappa shape index (κ3) is 4.34. The van der Waals surface area contributed by atoms with E-state index in [2.05, 4.69) is 29.5 Å². The molecule has 5 nitrogen and oxygen atoms in total. The maximum Gasteiger partial charge on any atom is 0.127 e.